The van der Waals surface area contributed by atoms with E-state index in [9.17, 15) is 4.79 Å². The second-order valence-electron chi connectivity index (χ2n) is 4.93. The van der Waals surface area contributed by atoms with Crippen molar-refractivity contribution in [3.8, 4) is 0 Å². The fraction of sp³-hybridized carbons (Fsp3) is 0.667. The SMILES string of the molecule is CCN(CC)C(=O)Nc1cc(C(C)(C)C)on1. The van der Waals surface area contributed by atoms with Crippen molar-refractivity contribution in [2.75, 3.05) is 18.4 Å². The topological polar surface area (TPSA) is 58.4 Å². The molecule has 0 bridgehead atoms. The van der Waals surface area contributed by atoms with E-state index in [-0.39, 0.29) is 11.4 Å². The van der Waals surface area contributed by atoms with Crippen molar-refractivity contribution in [3.63, 3.8) is 0 Å². The molecule has 0 fully saturated rings. The Kier molecular flexibility index (Phi) is 4.15. The highest BCUT2D eigenvalue weighted by molar-refractivity contribution is 5.88. The van der Waals surface area contributed by atoms with E-state index in [4.69, 9.17) is 4.52 Å². The van der Waals surface area contributed by atoms with E-state index in [1.165, 1.54) is 0 Å². The van der Waals surface area contributed by atoms with Crippen LogP contribution in [0, 0.1) is 0 Å². The van der Waals surface area contributed by atoms with Gasteiger partial charge in [-0.1, -0.05) is 25.9 Å². The normalized spacial score (nSPS) is 11.4. The average Bonchev–Trinajstić information content (AvgIpc) is 2.67. The zero-order valence-electron chi connectivity index (χ0n) is 11.2. The number of nitrogens with one attached hydrogen (secondary N) is 1. The Labute approximate surface area is 102 Å². The van der Waals surface area contributed by atoms with Crippen LogP contribution in [0.1, 0.15) is 40.4 Å². The van der Waals surface area contributed by atoms with Crippen LogP contribution in [0.15, 0.2) is 10.6 Å². The molecule has 0 atom stereocenters. The Morgan fingerprint density at radius 1 is 1.41 bits per heavy atom. The number of rotatable bonds is 3. The Morgan fingerprint density at radius 2 is 2.00 bits per heavy atom. The van der Waals surface area contributed by atoms with Gasteiger partial charge in [-0.2, -0.15) is 0 Å². The maximum absolute atomic E-state index is 11.8. The lowest BCUT2D eigenvalue weighted by Crippen LogP contribution is -2.34. The van der Waals surface area contributed by atoms with Crippen molar-refractivity contribution in [1.29, 1.82) is 0 Å². The second-order valence-corrected chi connectivity index (χ2v) is 4.93. The summed E-state index contributed by atoms with van der Waals surface area (Å²) in [5.74, 6) is 1.22. The maximum Gasteiger partial charge on any atom is 0.323 e. The highest BCUT2D eigenvalue weighted by Crippen LogP contribution is 2.24. The summed E-state index contributed by atoms with van der Waals surface area (Å²) in [6, 6.07) is 1.62. The van der Waals surface area contributed by atoms with Crippen molar-refractivity contribution >= 4 is 11.8 Å². The zero-order chi connectivity index (χ0) is 13.1. The van der Waals surface area contributed by atoms with E-state index in [0.29, 0.717) is 18.9 Å². The first-order valence-corrected chi connectivity index (χ1v) is 5.91. The van der Waals surface area contributed by atoms with Crippen LogP contribution in [0.25, 0.3) is 0 Å². The zero-order valence-corrected chi connectivity index (χ0v) is 11.2. The molecule has 5 heteroatoms. The van der Waals surface area contributed by atoms with E-state index >= 15 is 0 Å². The molecule has 17 heavy (non-hydrogen) atoms. The molecule has 2 amide bonds. The fourth-order valence-electron chi connectivity index (χ4n) is 1.39. The van der Waals surface area contributed by atoms with Gasteiger partial charge in [-0.25, -0.2) is 4.79 Å². The van der Waals surface area contributed by atoms with Crippen molar-refractivity contribution in [3.05, 3.63) is 11.8 Å². The van der Waals surface area contributed by atoms with E-state index in [2.05, 4.69) is 10.5 Å². The smallest absolute Gasteiger partial charge is 0.323 e. The standard InChI is InChI=1S/C12H21N3O2/c1-6-15(7-2)11(16)13-10-8-9(17-14-10)12(3,4)5/h8H,6-7H2,1-5H3,(H,13,14,16). The van der Waals surface area contributed by atoms with Crippen LogP contribution < -0.4 is 5.32 Å². The molecule has 0 aliphatic carbocycles. The molecule has 96 valence electrons. The molecular formula is C12H21N3O2. The third-order valence-corrected chi connectivity index (χ3v) is 2.54. The van der Waals surface area contributed by atoms with Crippen LogP contribution in [0.2, 0.25) is 0 Å². The molecular weight excluding hydrogens is 218 g/mol. The fourth-order valence-corrected chi connectivity index (χ4v) is 1.39. The Balaban J connectivity index is 2.70. The molecule has 0 radical (unpaired) electrons. The molecule has 1 N–H and O–H groups in total. The number of carbonyl (C=O) groups excluding carboxylic acids is 1. The van der Waals surface area contributed by atoms with Crippen LogP contribution in [0.3, 0.4) is 0 Å². The van der Waals surface area contributed by atoms with Gasteiger partial charge < -0.3 is 9.42 Å². The Bertz CT molecular complexity index is 375. The van der Waals surface area contributed by atoms with Crippen LogP contribution in [-0.2, 0) is 5.41 Å². The number of nitrogens with zero attached hydrogens (tertiary/aromatic N) is 2. The molecule has 1 rings (SSSR count). The molecule has 5 nitrogen and oxygen atoms in total. The molecule has 0 saturated carbocycles. The molecule has 1 aromatic heterocycles. The summed E-state index contributed by atoms with van der Waals surface area (Å²) >= 11 is 0. The number of urea groups is 1. The van der Waals surface area contributed by atoms with Crippen LogP contribution in [0.4, 0.5) is 10.6 Å². The van der Waals surface area contributed by atoms with Gasteiger partial charge in [0.2, 0.25) is 0 Å². The van der Waals surface area contributed by atoms with Crippen molar-refractivity contribution in [2.45, 2.75) is 40.0 Å². The molecule has 0 aliphatic heterocycles. The van der Waals surface area contributed by atoms with Crippen LogP contribution in [0.5, 0.6) is 0 Å². The van der Waals surface area contributed by atoms with Gasteiger partial charge in [0, 0.05) is 24.6 Å². The monoisotopic (exact) mass is 239 g/mol. The predicted octanol–water partition coefficient (Wildman–Crippen LogP) is 2.85. The van der Waals surface area contributed by atoms with Gasteiger partial charge >= 0.3 is 6.03 Å². The number of carbonyl (C=O) groups is 1. The Hall–Kier alpha value is -1.52. The number of hydrogen-bond donors (Lipinski definition) is 1. The largest absolute Gasteiger partial charge is 0.359 e. The van der Waals surface area contributed by atoms with Gasteiger partial charge in [-0.15, -0.1) is 0 Å². The average molecular weight is 239 g/mol. The predicted molar refractivity (Wildman–Crippen MR) is 67.1 cm³/mol. The molecule has 1 heterocycles. The lowest BCUT2D eigenvalue weighted by atomic mass is 9.93. The summed E-state index contributed by atoms with van der Waals surface area (Å²) in [5.41, 5.74) is -0.106. The Morgan fingerprint density at radius 3 is 2.41 bits per heavy atom. The van der Waals surface area contributed by atoms with Gasteiger partial charge in [0.1, 0.15) is 5.76 Å². The second kappa shape index (κ2) is 5.21. The van der Waals surface area contributed by atoms with Gasteiger partial charge in [0.15, 0.2) is 5.82 Å². The quantitative estimate of drug-likeness (QED) is 0.882. The highest BCUT2D eigenvalue weighted by atomic mass is 16.5. The van der Waals surface area contributed by atoms with Crippen molar-refractivity contribution in [1.82, 2.24) is 10.1 Å². The molecule has 0 saturated heterocycles. The minimum atomic E-state index is -0.149. The van der Waals surface area contributed by atoms with E-state index in [1.807, 2.05) is 34.6 Å². The van der Waals surface area contributed by atoms with Gasteiger partial charge in [0.25, 0.3) is 0 Å². The minimum Gasteiger partial charge on any atom is -0.359 e. The summed E-state index contributed by atoms with van der Waals surface area (Å²) in [6.45, 7) is 11.3. The first-order chi connectivity index (χ1) is 7.88. The van der Waals surface area contributed by atoms with Crippen molar-refractivity contribution < 1.29 is 9.32 Å². The van der Waals surface area contributed by atoms with Gasteiger partial charge in [-0.05, 0) is 13.8 Å². The summed E-state index contributed by atoms with van der Waals surface area (Å²) in [6.07, 6.45) is 0. The van der Waals surface area contributed by atoms with E-state index in [1.54, 1.807) is 11.0 Å². The number of aromatic nitrogens is 1. The summed E-state index contributed by atoms with van der Waals surface area (Å²) in [7, 11) is 0. The number of amides is 2. The minimum absolute atomic E-state index is 0.106. The first kappa shape index (κ1) is 13.5. The lowest BCUT2D eigenvalue weighted by molar-refractivity contribution is 0.217. The van der Waals surface area contributed by atoms with E-state index < -0.39 is 0 Å². The summed E-state index contributed by atoms with van der Waals surface area (Å²) in [5, 5.41) is 6.56. The van der Waals surface area contributed by atoms with Gasteiger partial charge in [0.05, 0.1) is 0 Å². The van der Waals surface area contributed by atoms with Crippen molar-refractivity contribution in [2.24, 2.45) is 0 Å². The molecule has 0 spiro atoms. The summed E-state index contributed by atoms with van der Waals surface area (Å²) in [4.78, 5) is 13.5. The number of anilines is 1. The molecule has 0 unspecified atom stereocenters. The summed E-state index contributed by atoms with van der Waals surface area (Å²) < 4.78 is 5.19. The molecule has 0 aromatic carbocycles. The number of hydrogen-bond acceptors (Lipinski definition) is 3. The molecule has 1 aromatic rings. The third-order valence-electron chi connectivity index (χ3n) is 2.54. The lowest BCUT2D eigenvalue weighted by Gasteiger charge is -2.17. The highest BCUT2D eigenvalue weighted by Gasteiger charge is 2.20. The van der Waals surface area contributed by atoms with Gasteiger partial charge in [-0.3, -0.25) is 5.32 Å². The first-order valence-electron chi connectivity index (χ1n) is 5.91. The maximum atomic E-state index is 11.8. The molecule has 0 aliphatic rings. The van der Waals surface area contributed by atoms with Crippen LogP contribution in [-0.4, -0.2) is 29.2 Å². The third kappa shape index (κ3) is 3.47. The van der Waals surface area contributed by atoms with E-state index in [0.717, 1.165) is 5.76 Å². The van der Waals surface area contributed by atoms with Crippen LogP contribution >= 0.6 is 0 Å².